The standard InChI is InChI=1S/C19H22N4S2/c1-2-9-23(8-1)14(16-7-4-10-24-16)11-20-18-17-13-5-3-6-15(13)25-19(17)22-12-21-18/h4,7,10,12,14H,1-3,5-6,8-9,11H2,(H,20,21,22)/p+1/t14-/m1/s1. The van der Waals surface area contributed by atoms with E-state index in [0.717, 1.165) is 17.2 Å². The van der Waals surface area contributed by atoms with Crippen LogP contribution in [0.3, 0.4) is 0 Å². The van der Waals surface area contributed by atoms with Crippen molar-refractivity contribution in [3.63, 3.8) is 0 Å². The molecule has 0 spiro atoms. The zero-order valence-electron chi connectivity index (χ0n) is 14.3. The van der Waals surface area contributed by atoms with Gasteiger partial charge in [0.15, 0.2) is 0 Å². The maximum absolute atomic E-state index is 4.62. The number of rotatable bonds is 5. The number of thiophene rings is 2. The second-order valence-electron chi connectivity index (χ2n) is 7.07. The van der Waals surface area contributed by atoms with E-state index in [1.165, 1.54) is 65.9 Å². The van der Waals surface area contributed by atoms with Gasteiger partial charge in [-0.2, -0.15) is 0 Å². The van der Waals surface area contributed by atoms with E-state index in [1.54, 1.807) is 11.2 Å². The predicted octanol–water partition coefficient (Wildman–Crippen LogP) is 3.07. The van der Waals surface area contributed by atoms with E-state index in [4.69, 9.17) is 0 Å². The number of hydrogen-bond acceptors (Lipinski definition) is 5. The molecule has 0 amide bonds. The maximum atomic E-state index is 4.62. The fourth-order valence-electron chi connectivity index (χ4n) is 4.37. The van der Waals surface area contributed by atoms with Gasteiger partial charge in [-0.1, -0.05) is 6.07 Å². The highest BCUT2D eigenvalue weighted by molar-refractivity contribution is 7.19. The zero-order chi connectivity index (χ0) is 16.6. The lowest BCUT2D eigenvalue weighted by molar-refractivity contribution is -0.917. The molecule has 4 nitrogen and oxygen atoms in total. The summed E-state index contributed by atoms with van der Waals surface area (Å²) in [5.41, 5.74) is 1.50. The molecule has 2 aliphatic rings. The normalized spacial score (nSPS) is 18.7. The number of anilines is 1. The van der Waals surface area contributed by atoms with E-state index in [1.807, 2.05) is 22.7 Å². The van der Waals surface area contributed by atoms with Gasteiger partial charge in [0.05, 0.1) is 29.9 Å². The van der Waals surface area contributed by atoms with Crippen LogP contribution in [0.2, 0.25) is 0 Å². The fourth-order valence-corrected chi connectivity index (χ4v) is 6.49. The second kappa shape index (κ2) is 6.67. The van der Waals surface area contributed by atoms with Crippen LogP contribution in [-0.2, 0) is 12.8 Å². The summed E-state index contributed by atoms with van der Waals surface area (Å²) in [5.74, 6) is 1.05. The first kappa shape index (κ1) is 15.7. The largest absolute Gasteiger partial charge is 0.363 e. The van der Waals surface area contributed by atoms with Crippen LogP contribution < -0.4 is 10.2 Å². The molecule has 1 aliphatic carbocycles. The Morgan fingerprint density at radius 3 is 2.92 bits per heavy atom. The Bertz CT molecular complexity index is 865. The smallest absolute Gasteiger partial charge is 0.140 e. The summed E-state index contributed by atoms with van der Waals surface area (Å²) in [7, 11) is 0. The van der Waals surface area contributed by atoms with Gasteiger partial charge < -0.3 is 10.2 Å². The van der Waals surface area contributed by atoms with E-state index in [9.17, 15) is 0 Å². The molecule has 1 saturated heterocycles. The lowest BCUT2D eigenvalue weighted by Gasteiger charge is -2.24. The van der Waals surface area contributed by atoms with Gasteiger partial charge in [0.2, 0.25) is 0 Å². The Morgan fingerprint density at radius 2 is 2.08 bits per heavy atom. The Hall–Kier alpha value is -1.50. The van der Waals surface area contributed by atoms with Gasteiger partial charge in [0.25, 0.3) is 0 Å². The summed E-state index contributed by atoms with van der Waals surface area (Å²) in [6.07, 6.45) is 8.11. The number of nitrogens with one attached hydrogen (secondary N) is 2. The number of quaternary nitrogens is 1. The molecule has 0 radical (unpaired) electrons. The summed E-state index contributed by atoms with van der Waals surface area (Å²) in [4.78, 5) is 15.0. The molecule has 25 heavy (non-hydrogen) atoms. The van der Waals surface area contributed by atoms with Crippen molar-refractivity contribution in [3.8, 4) is 0 Å². The van der Waals surface area contributed by atoms with Crippen molar-refractivity contribution in [2.45, 2.75) is 38.1 Å². The van der Waals surface area contributed by atoms with Crippen LogP contribution in [0, 0.1) is 0 Å². The van der Waals surface area contributed by atoms with Gasteiger partial charge in [0, 0.05) is 17.7 Å². The van der Waals surface area contributed by atoms with Crippen LogP contribution in [0.15, 0.2) is 23.8 Å². The highest BCUT2D eigenvalue weighted by Crippen LogP contribution is 2.39. The molecule has 0 saturated carbocycles. The van der Waals surface area contributed by atoms with Crippen LogP contribution in [0.25, 0.3) is 10.2 Å². The molecule has 3 aromatic heterocycles. The first-order chi connectivity index (χ1) is 12.4. The summed E-state index contributed by atoms with van der Waals surface area (Å²) >= 11 is 3.75. The number of fused-ring (bicyclic) bond motifs is 3. The van der Waals surface area contributed by atoms with Crippen LogP contribution >= 0.6 is 22.7 Å². The van der Waals surface area contributed by atoms with E-state index in [0.29, 0.717) is 6.04 Å². The lowest BCUT2D eigenvalue weighted by atomic mass is 10.1. The molecule has 130 valence electrons. The molecule has 2 N–H and O–H groups in total. The van der Waals surface area contributed by atoms with Crippen molar-refractivity contribution in [1.29, 1.82) is 0 Å². The summed E-state index contributed by atoms with van der Waals surface area (Å²) < 4.78 is 0. The van der Waals surface area contributed by atoms with Crippen molar-refractivity contribution >= 4 is 38.7 Å². The van der Waals surface area contributed by atoms with Crippen molar-refractivity contribution in [1.82, 2.24) is 9.97 Å². The summed E-state index contributed by atoms with van der Waals surface area (Å²) in [6, 6.07) is 5.00. The van der Waals surface area contributed by atoms with E-state index in [2.05, 4.69) is 32.8 Å². The number of likely N-dealkylation sites (tertiary alicyclic amines) is 1. The quantitative estimate of drug-likeness (QED) is 0.724. The number of aromatic nitrogens is 2. The van der Waals surface area contributed by atoms with Crippen LogP contribution in [0.4, 0.5) is 5.82 Å². The molecular weight excluding hydrogens is 348 g/mol. The molecule has 0 unspecified atom stereocenters. The minimum absolute atomic E-state index is 0.527. The molecule has 1 fully saturated rings. The van der Waals surface area contributed by atoms with Crippen molar-refractivity contribution in [2.24, 2.45) is 0 Å². The SMILES string of the molecule is c1csc([C@@H](CNc2ncnc3sc4c(c23)CCC4)[NH+]2CCCC2)c1. The molecule has 0 aromatic carbocycles. The first-order valence-corrected chi connectivity index (χ1v) is 11.0. The molecule has 1 aliphatic heterocycles. The van der Waals surface area contributed by atoms with Crippen molar-refractivity contribution < 1.29 is 4.90 Å². The third-order valence-corrected chi connectivity index (χ3v) is 7.79. The van der Waals surface area contributed by atoms with E-state index in [-0.39, 0.29) is 0 Å². The van der Waals surface area contributed by atoms with Crippen LogP contribution in [-0.4, -0.2) is 29.6 Å². The van der Waals surface area contributed by atoms with E-state index < -0.39 is 0 Å². The zero-order valence-corrected chi connectivity index (χ0v) is 15.9. The number of nitrogens with zero attached hydrogens (tertiary/aromatic N) is 2. The Morgan fingerprint density at radius 1 is 1.16 bits per heavy atom. The average Bonchev–Trinajstić information content (AvgIpc) is 3.39. The predicted molar refractivity (Wildman–Crippen MR) is 105 cm³/mol. The Balaban J connectivity index is 1.44. The summed E-state index contributed by atoms with van der Waals surface area (Å²) in [6.45, 7) is 3.53. The van der Waals surface area contributed by atoms with Gasteiger partial charge in [-0.3, -0.25) is 0 Å². The second-order valence-corrected chi connectivity index (χ2v) is 9.14. The topological polar surface area (TPSA) is 42.2 Å². The molecular formula is C19H23N4S2+. The Labute approximate surface area is 155 Å². The van der Waals surface area contributed by atoms with Gasteiger partial charge in [-0.25, -0.2) is 9.97 Å². The minimum Gasteiger partial charge on any atom is -0.363 e. The van der Waals surface area contributed by atoms with Crippen LogP contribution in [0.5, 0.6) is 0 Å². The number of aryl methyl sites for hydroxylation is 2. The van der Waals surface area contributed by atoms with Gasteiger partial charge >= 0.3 is 0 Å². The van der Waals surface area contributed by atoms with Crippen LogP contribution in [0.1, 0.15) is 40.6 Å². The number of hydrogen-bond donors (Lipinski definition) is 2. The van der Waals surface area contributed by atoms with Gasteiger partial charge in [-0.05, 0) is 36.3 Å². The highest BCUT2D eigenvalue weighted by atomic mass is 32.1. The van der Waals surface area contributed by atoms with Gasteiger partial charge in [0.1, 0.15) is 23.0 Å². The average molecular weight is 372 g/mol. The minimum atomic E-state index is 0.527. The molecule has 1 atom stereocenters. The third kappa shape index (κ3) is 2.86. The van der Waals surface area contributed by atoms with Gasteiger partial charge in [-0.15, -0.1) is 22.7 Å². The fraction of sp³-hybridized carbons (Fsp3) is 0.474. The summed E-state index contributed by atoms with van der Waals surface area (Å²) in [5, 5.41) is 7.20. The third-order valence-electron chi connectivity index (χ3n) is 5.60. The molecule has 6 heteroatoms. The lowest BCUT2D eigenvalue weighted by Crippen LogP contribution is -3.10. The molecule has 4 heterocycles. The first-order valence-electron chi connectivity index (χ1n) is 9.27. The van der Waals surface area contributed by atoms with Crippen molar-refractivity contribution in [2.75, 3.05) is 25.0 Å². The highest BCUT2D eigenvalue weighted by Gasteiger charge is 2.29. The van der Waals surface area contributed by atoms with E-state index >= 15 is 0 Å². The molecule has 3 aromatic rings. The Kier molecular flexibility index (Phi) is 4.19. The van der Waals surface area contributed by atoms with Crippen molar-refractivity contribution in [3.05, 3.63) is 39.2 Å². The molecule has 5 rings (SSSR count). The monoisotopic (exact) mass is 371 g/mol. The maximum Gasteiger partial charge on any atom is 0.140 e. The molecule has 0 bridgehead atoms.